The Labute approximate surface area is 133 Å². The average molecular weight is 291 g/mol. The number of nitrogens with zero attached hydrogens (tertiary/aromatic N) is 1. The average Bonchev–Trinajstić information content (AvgIpc) is 3.00. The normalized spacial score (nSPS) is 44.8. The van der Waals surface area contributed by atoms with Crippen LogP contribution in [0.3, 0.4) is 0 Å². The molecule has 0 N–H and O–H groups in total. The Morgan fingerprint density at radius 1 is 1.14 bits per heavy atom. The Morgan fingerprint density at radius 2 is 1.95 bits per heavy atom. The molecule has 1 spiro atoms. The van der Waals surface area contributed by atoms with E-state index in [-0.39, 0.29) is 0 Å². The van der Waals surface area contributed by atoms with Crippen LogP contribution in [0, 0.1) is 30.1 Å². The molecule has 3 bridgehead atoms. The van der Waals surface area contributed by atoms with Crippen LogP contribution < -0.4 is 0 Å². The minimum absolute atomic E-state index is 0.332. The fourth-order valence-corrected chi connectivity index (χ4v) is 6.44. The lowest BCUT2D eigenvalue weighted by Gasteiger charge is -2.48. The van der Waals surface area contributed by atoms with Crippen molar-refractivity contribution in [2.75, 3.05) is 0 Å². The molecule has 4 aliphatic carbocycles. The molecule has 0 saturated heterocycles. The summed E-state index contributed by atoms with van der Waals surface area (Å²) in [5, 5.41) is 0. The van der Waals surface area contributed by atoms with Gasteiger partial charge in [0.2, 0.25) is 0 Å². The fraction of sp³-hybridized carbons (Fsp3) is 0.571. The van der Waals surface area contributed by atoms with Crippen LogP contribution in [0.15, 0.2) is 34.8 Å². The number of aryl methyl sites for hydroxylation is 1. The molecule has 4 fully saturated rings. The number of benzene rings is 1. The van der Waals surface area contributed by atoms with Crippen LogP contribution >= 0.6 is 0 Å². The van der Waals surface area contributed by atoms with Crippen molar-refractivity contribution in [1.29, 1.82) is 0 Å². The zero-order valence-corrected chi connectivity index (χ0v) is 13.7. The van der Waals surface area contributed by atoms with Gasteiger partial charge < -0.3 is 0 Å². The molecule has 4 aliphatic rings. The van der Waals surface area contributed by atoms with Crippen LogP contribution in [0.4, 0.5) is 0 Å². The second-order valence-corrected chi connectivity index (χ2v) is 8.49. The fourth-order valence-electron chi connectivity index (χ4n) is 6.44. The van der Waals surface area contributed by atoms with Gasteiger partial charge in [-0.3, -0.25) is 4.99 Å². The highest BCUT2D eigenvalue weighted by atomic mass is 15.0. The van der Waals surface area contributed by atoms with Crippen molar-refractivity contribution >= 4 is 12.3 Å². The summed E-state index contributed by atoms with van der Waals surface area (Å²) >= 11 is 0. The lowest BCUT2D eigenvalue weighted by molar-refractivity contribution is 0.00426. The summed E-state index contributed by atoms with van der Waals surface area (Å²) in [7, 11) is 0. The van der Waals surface area contributed by atoms with Crippen LogP contribution in [-0.2, 0) is 0 Å². The molecule has 4 saturated carbocycles. The molecular formula is C21H25N. The number of hydrogen-bond acceptors (Lipinski definition) is 1. The van der Waals surface area contributed by atoms with E-state index in [2.05, 4.69) is 50.4 Å². The molecule has 22 heavy (non-hydrogen) atoms. The number of hydrogen-bond donors (Lipinski definition) is 0. The number of fused-ring (bicyclic) bond motifs is 3. The first kappa shape index (κ1) is 13.1. The number of rotatable bonds is 3. The molecule has 1 heteroatoms. The van der Waals surface area contributed by atoms with E-state index in [1.165, 1.54) is 48.8 Å². The van der Waals surface area contributed by atoms with Gasteiger partial charge in [-0.25, -0.2) is 0 Å². The SMILES string of the molecule is C/C(C=NC12CC3CC4CC1CC43C2)=C\c1ccccc1C. The maximum atomic E-state index is 5.20. The summed E-state index contributed by atoms with van der Waals surface area (Å²) < 4.78 is 0. The van der Waals surface area contributed by atoms with Crippen molar-refractivity contribution in [3.8, 4) is 0 Å². The molecule has 114 valence electrons. The van der Waals surface area contributed by atoms with Gasteiger partial charge in [-0.2, -0.15) is 0 Å². The third-order valence-corrected chi connectivity index (χ3v) is 7.48. The van der Waals surface area contributed by atoms with E-state index in [1.54, 1.807) is 0 Å². The maximum absolute atomic E-state index is 5.20. The van der Waals surface area contributed by atoms with Gasteiger partial charge >= 0.3 is 0 Å². The van der Waals surface area contributed by atoms with Gasteiger partial charge in [0.05, 0.1) is 5.54 Å². The van der Waals surface area contributed by atoms with E-state index in [1.807, 2.05) is 0 Å². The first-order valence-corrected chi connectivity index (χ1v) is 8.90. The minimum Gasteiger partial charge on any atom is -0.286 e. The molecule has 0 amide bonds. The topological polar surface area (TPSA) is 12.4 Å². The van der Waals surface area contributed by atoms with E-state index < -0.39 is 0 Å². The van der Waals surface area contributed by atoms with Crippen molar-refractivity contribution in [2.24, 2.45) is 28.2 Å². The molecule has 5 rings (SSSR count). The summed E-state index contributed by atoms with van der Waals surface area (Å²) in [6.07, 6.45) is 11.8. The Bertz CT molecular complexity index is 700. The first-order valence-electron chi connectivity index (χ1n) is 8.90. The Hall–Kier alpha value is -1.37. The zero-order valence-electron chi connectivity index (χ0n) is 13.7. The van der Waals surface area contributed by atoms with Crippen LogP contribution in [0.25, 0.3) is 6.08 Å². The highest BCUT2D eigenvalue weighted by Gasteiger charge is 2.76. The molecular weight excluding hydrogens is 266 g/mol. The van der Waals surface area contributed by atoms with Crippen LogP contribution in [-0.4, -0.2) is 11.8 Å². The van der Waals surface area contributed by atoms with Gasteiger partial charge in [0.1, 0.15) is 0 Å². The van der Waals surface area contributed by atoms with Crippen LogP contribution in [0.2, 0.25) is 0 Å². The van der Waals surface area contributed by atoms with Crippen molar-refractivity contribution in [3.63, 3.8) is 0 Å². The Balaban J connectivity index is 1.40. The molecule has 0 aromatic heterocycles. The third kappa shape index (κ3) is 1.52. The third-order valence-electron chi connectivity index (χ3n) is 7.48. The highest BCUT2D eigenvalue weighted by Crippen LogP contribution is 2.81. The predicted molar refractivity (Wildman–Crippen MR) is 92.0 cm³/mol. The van der Waals surface area contributed by atoms with Crippen LogP contribution in [0.5, 0.6) is 0 Å². The monoisotopic (exact) mass is 291 g/mol. The summed E-state index contributed by atoms with van der Waals surface area (Å²) in [5.41, 5.74) is 5.05. The van der Waals surface area contributed by atoms with Gasteiger partial charge in [-0.1, -0.05) is 30.3 Å². The Kier molecular flexibility index (Phi) is 2.46. The van der Waals surface area contributed by atoms with Gasteiger partial charge in [0.15, 0.2) is 0 Å². The van der Waals surface area contributed by atoms with Gasteiger partial charge in [-0.15, -0.1) is 0 Å². The summed E-state index contributed by atoms with van der Waals surface area (Å²) in [4.78, 5) is 5.20. The molecule has 0 heterocycles. The lowest BCUT2D eigenvalue weighted by atomic mass is 9.56. The van der Waals surface area contributed by atoms with E-state index in [0.29, 0.717) is 5.54 Å². The zero-order chi connectivity index (χ0) is 14.9. The number of allylic oxidation sites excluding steroid dienone is 1. The largest absolute Gasteiger partial charge is 0.286 e. The number of aliphatic imine (C=N–C) groups is 1. The predicted octanol–water partition coefficient (Wildman–Crippen LogP) is 5.05. The minimum atomic E-state index is 0.332. The summed E-state index contributed by atoms with van der Waals surface area (Å²) in [6, 6.07) is 8.60. The van der Waals surface area contributed by atoms with Crippen LogP contribution in [0.1, 0.15) is 50.2 Å². The van der Waals surface area contributed by atoms with Crippen molar-refractivity contribution < 1.29 is 0 Å². The smallest absolute Gasteiger partial charge is 0.0644 e. The van der Waals surface area contributed by atoms with Gasteiger partial charge in [0.25, 0.3) is 0 Å². The maximum Gasteiger partial charge on any atom is 0.0644 e. The highest BCUT2D eigenvalue weighted by molar-refractivity contribution is 5.85. The molecule has 1 nitrogen and oxygen atoms in total. The quantitative estimate of drug-likeness (QED) is 0.691. The summed E-state index contributed by atoms with van der Waals surface area (Å²) in [5.74, 6) is 3.00. The lowest BCUT2D eigenvalue weighted by Crippen LogP contribution is -2.41. The second kappa shape index (κ2) is 4.13. The van der Waals surface area contributed by atoms with Gasteiger partial charge in [-0.05, 0) is 85.8 Å². The van der Waals surface area contributed by atoms with E-state index in [9.17, 15) is 0 Å². The van der Waals surface area contributed by atoms with Crippen molar-refractivity contribution in [2.45, 2.75) is 51.5 Å². The van der Waals surface area contributed by atoms with Gasteiger partial charge in [0, 0.05) is 6.21 Å². The molecule has 1 aromatic carbocycles. The molecule has 1 aromatic rings. The molecule has 5 unspecified atom stereocenters. The molecule has 0 radical (unpaired) electrons. The molecule has 0 aliphatic heterocycles. The standard InChI is InChI=1S/C21H25N/c1-14(7-16-6-4-3-5-15(16)2)12-22-21-11-18-8-17-9-19(21)10-20(17,18)13-21/h3-7,12,17-19H,8-11,13H2,1-2H3/b14-7+,22-12?. The van der Waals surface area contributed by atoms with E-state index in [0.717, 1.165) is 23.2 Å². The van der Waals surface area contributed by atoms with Crippen molar-refractivity contribution in [3.05, 3.63) is 41.0 Å². The Morgan fingerprint density at radius 3 is 2.77 bits per heavy atom. The van der Waals surface area contributed by atoms with Crippen molar-refractivity contribution in [1.82, 2.24) is 0 Å². The van der Waals surface area contributed by atoms with E-state index in [4.69, 9.17) is 4.99 Å². The second-order valence-electron chi connectivity index (χ2n) is 8.49. The first-order chi connectivity index (χ1) is 10.6. The summed E-state index contributed by atoms with van der Waals surface area (Å²) in [6.45, 7) is 4.38. The molecule has 5 atom stereocenters. The van der Waals surface area contributed by atoms with E-state index >= 15 is 0 Å².